The summed E-state index contributed by atoms with van der Waals surface area (Å²) >= 11 is 8.71. The lowest BCUT2D eigenvalue weighted by molar-refractivity contribution is 0.0936. The zero-order chi connectivity index (χ0) is 13.1. The molecule has 0 fully saturated rings. The van der Waals surface area contributed by atoms with Gasteiger partial charge in [0.15, 0.2) is 0 Å². The first-order valence-corrected chi connectivity index (χ1v) is 7.38. The highest BCUT2D eigenvalue weighted by molar-refractivity contribution is 7.16. The molecule has 7 heteroatoms. The van der Waals surface area contributed by atoms with Gasteiger partial charge in [0.25, 0.3) is 5.91 Å². The third kappa shape index (κ3) is 3.08. The highest BCUT2D eigenvalue weighted by atomic mass is 35.5. The van der Waals surface area contributed by atoms with Crippen LogP contribution in [0.3, 0.4) is 0 Å². The molecule has 2 rings (SSSR count). The smallest absolute Gasteiger partial charge is 0.271 e. The zero-order valence-corrected chi connectivity index (χ0v) is 12.0. The maximum Gasteiger partial charge on any atom is 0.271 e. The van der Waals surface area contributed by atoms with Crippen LogP contribution in [0.25, 0.3) is 0 Å². The van der Waals surface area contributed by atoms with Gasteiger partial charge in [-0.3, -0.25) is 4.79 Å². The van der Waals surface area contributed by atoms with Crippen molar-refractivity contribution in [2.24, 2.45) is 5.73 Å². The van der Waals surface area contributed by atoms with Gasteiger partial charge in [0.1, 0.15) is 10.7 Å². The Labute approximate surface area is 118 Å². The lowest BCUT2D eigenvalue weighted by atomic mass is 10.2. The van der Waals surface area contributed by atoms with Crippen LogP contribution in [0.1, 0.15) is 33.3 Å². The molecule has 0 saturated heterocycles. The van der Waals surface area contributed by atoms with E-state index in [0.717, 1.165) is 9.88 Å². The van der Waals surface area contributed by atoms with E-state index < -0.39 is 0 Å². The van der Waals surface area contributed by atoms with Crippen molar-refractivity contribution in [2.75, 3.05) is 0 Å². The molecule has 0 aromatic carbocycles. The molecule has 0 bridgehead atoms. The minimum absolute atomic E-state index is 0.0852. The largest absolute Gasteiger partial charge is 0.343 e. The molecule has 2 aromatic rings. The number of hydrogen-bond acceptors (Lipinski definition) is 5. The normalized spacial score (nSPS) is 12.4. The molecule has 2 aromatic heterocycles. The second kappa shape index (κ2) is 5.79. The SMILES string of the molecule is CC(NC(=O)c1csc(CN)n1)c1ccc(Cl)s1. The fourth-order valence-corrected chi connectivity index (χ4v) is 3.13. The number of thiophene rings is 1. The molecule has 0 spiro atoms. The Hall–Kier alpha value is -0.950. The van der Waals surface area contributed by atoms with Crippen LogP contribution in [0.5, 0.6) is 0 Å². The van der Waals surface area contributed by atoms with Crippen molar-refractivity contribution < 1.29 is 4.79 Å². The summed E-state index contributed by atoms with van der Waals surface area (Å²) in [6.45, 7) is 2.27. The number of amides is 1. The van der Waals surface area contributed by atoms with E-state index in [4.69, 9.17) is 17.3 Å². The molecule has 1 unspecified atom stereocenters. The first-order chi connectivity index (χ1) is 8.60. The molecular weight excluding hydrogens is 290 g/mol. The lowest BCUT2D eigenvalue weighted by Gasteiger charge is -2.10. The van der Waals surface area contributed by atoms with Gasteiger partial charge >= 0.3 is 0 Å². The van der Waals surface area contributed by atoms with Gasteiger partial charge < -0.3 is 11.1 Å². The van der Waals surface area contributed by atoms with E-state index in [-0.39, 0.29) is 11.9 Å². The Morgan fingerprint density at radius 3 is 2.94 bits per heavy atom. The fourth-order valence-electron chi connectivity index (χ4n) is 1.41. The highest BCUT2D eigenvalue weighted by Crippen LogP contribution is 2.26. The molecule has 1 amide bonds. The van der Waals surface area contributed by atoms with Gasteiger partial charge in [-0.2, -0.15) is 0 Å². The number of aromatic nitrogens is 1. The van der Waals surface area contributed by atoms with Crippen molar-refractivity contribution in [3.8, 4) is 0 Å². The predicted octanol–water partition coefficient (Wildman–Crippen LogP) is 2.81. The van der Waals surface area contributed by atoms with Crippen LogP contribution in [0, 0.1) is 0 Å². The summed E-state index contributed by atoms with van der Waals surface area (Å²) in [7, 11) is 0. The number of nitrogens with zero attached hydrogens (tertiary/aromatic N) is 1. The Bertz CT molecular complexity index is 552. The molecule has 18 heavy (non-hydrogen) atoms. The second-order valence-electron chi connectivity index (χ2n) is 3.67. The summed E-state index contributed by atoms with van der Waals surface area (Å²) in [5.74, 6) is -0.192. The number of hydrogen-bond donors (Lipinski definition) is 2. The van der Waals surface area contributed by atoms with E-state index in [1.807, 2.05) is 19.1 Å². The maximum atomic E-state index is 11.9. The summed E-state index contributed by atoms with van der Waals surface area (Å²) in [4.78, 5) is 17.1. The molecule has 2 heterocycles. The third-order valence-corrected chi connectivity index (χ3v) is 4.61. The van der Waals surface area contributed by atoms with Crippen LogP contribution in [0.15, 0.2) is 17.5 Å². The van der Waals surface area contributed by atoms with Gasteiger partial charge in [-0.1, -0.05) is 11.6 Å². The predicted molar refractivity (Wildman–Crippen MR) is 75.2 cm³/mol. The van der Waals surface area contributed by atoms with Crippen molar-refractivity contribution >= 4 is 40.2 Å². The van der Waals surface area contributed by atoms with Crippen molar-refractivity contribution in [3.05, 3.63) is 37.4 Å². The number of nitrogens with two attached hydrogens (primary N) is 1. The van der Waals surface area contributed by atoms with Gasteiger partial charge in [0.05, 0.1) is 10.4 Å². The average Bonchev–Trinajstić information content (AvgIpc) is 2.97. The van der Waals surface area contributed by atoms with E-state index >= 15 is 0 Å². The van der Waals surface area contributed by atoms with Crippen LogP contribution >= 0.6 is 34.3 Å². The summed E-state index contributed by atoms with van der Waals surface area (Å²) in [5, 5.41) is 5.35. The molecule has 0 saturated carbocycles. The van der Waals surface area contributed by atoms with Crippen molar-refractivity contribution in [2.45, 2.75) is 19.5 Å². The Morgan fingerprint density at radius 1 is 1.61 bits per heavy atom. The quantitative estimate of drug-likeness (QED) is 0.912. The van der Waals surface area contributed by atoms with E-state index in [1.165, 1.54) is 22.7 Å². The van der Waals surface area contributed by atoms with Crippen molar-refractivity contribution in [1.29, 1.82) is 0 Å². The van der Waals surface area contributed by atoms with Crippen LogP contribution in [-0.4, -0.2) is 10.9 Å². The van der Waals surface area contributed by atoms with Crippen LogP contribution in [0.2, 0.25) is 4.34 Å². The molecule has 0 aliphatic carbocycles. The van der Waals surface area contributed by atoms with E-state index in [9.17, 15) is 4.79 Å². The van der Waals surface area contributed by atoms with Crippen LogP contribution in [-0.2, 0) is 6.54 Å². The molecule has 0 aliphatic heterocycles. The van der Waals surface area contributed by atoms with E-state index in [2.05, 4.69) is 10.3 Å². The Morgan fingerprint density at radius 2 is 2.39 bits per heavy atom. The molecule has 3 N–H and O–H groups in total. The second-order valence-corrected chi connectivity index (χ2v) is 6.36. The topological polar surface area (TPSA) is 68.0 Å². The van der Waals surface area contributed by atoms with Gasteiger partial charge in [-0.15, -0.1) is 22.7 Å². The standard InChI is InChI=1S/C11H12ClN3OS2/c1-6(8-2-3-9(12)18-8)14-11(16)7-5-17-10(4-13)15-7/h2-3,5-6H,4,13H2,1H3,(H,14,16). The van der Waals surface area contributed by atoms with Crippen molar-refractivity contribution in [1.82, 2.24) is 10.3 Å². The van der Waals surface area contributed by atoms with E-state index in [0.29, 0.717) is 16.6 Å². The molecular formula is C11H12ClN3OS2. The minimum atomic E-state index is -0.192. The number of nitrogens with one attached hydrogen (secondary N) is 1. The summed E-state index contributed by atoms with van der Waals surface area (Å²) in [6.07, 6.45) is 0. The molecule has 4 nitrogen and oxygen atoms in total. The van der Waals surface area contributed by atoms with E-state index in [1.54, 1.807) is 5.38 Å². The third-order valence-electron chi connectivity index (χ3n) is 2.33. The molecule has 1 atom stereocenters. The number of carbonyl (C=O) groups excluding carboxylic acids is 1. The van der Waals surface area contributed by atoms with Gasteiger partial charge in [-0.25, -0.2) is 4.98 Å². The lowest BCUT2D eigenvalue weighted by Crippen LogP contribution is -2.26. The Kier molecular flexibility index (Phi) is 4.34. The van der Waals surface area contributed by atoms with Crippen molar-refractivity contribution in [3.63, 3.8) is 0 Å². The number of halogens is 1. The first kappa shape index (κ1) is 13.5. The minimum Gasteiger partial charge on any atom is -0.343 e. The summed E-state index contributed by atoms with van der Waals surface area (Å²) < 4.78 is 0.713. The van der Waals surface area contributed by atoms with Gasteiger partial charge in [-0.05, 0) is 19.1 Å². The number of thiazole rings is 1. The van der Waals surface area contributed by atoms with Gasteiger partial charge in [0, 0.05) is 16.8 Å². The van der Waals surface area contributed by atoms with Crippen LogP contribution in [0.4, 0.5) is 0 Å². The molecule has 0 radical (unpaired) electrons. The monoisotopic (exact) mass is 301 g/mol. The average molecular weight is 302 g/mol. The fraction of sp³-hybridized carbons (Fsp3) is 0.273. The Balaban J connectivity index is 2.02. The summed E-state index contributed by atoms with van der Waals surface area (Å²) in [6, 6.07) is 3.64. The number of rotatable bonds is 4. The zero-order valence-electron chi connectivity index (χ0n) is 9.64. The highest BCUT2D eigenvalue weighted by Gasteiger charge is 2.15. The summed E-state index contributed by atoms with van der Waals surface area (Å²) in [5.41, 5.74) is 5.87. The molecule has 0 aliphatic rings. The first-order valence-electron chi connectivity index (χ1n) is 5.30. The maximum absolute atomic E-state index is 11.9. The van der Waals surface area contributed by atoms with Crippen LogP contribution < -0.4 is 11.1 Å². The molecule has 96 valence electrons. The number of carbonyl (C=O) groups is 1. The van der Waals surface area contributed by atoms with Gasteiger partial charge in [0.2, 0.25) is 0 Å².